The average Bonchev–Trinajstić information content (AvgIpc) is 3.20. The molecule has 116 valence electrons. The number of halogens is 3. The first-order chi connectivity index (χ1) is 9.84. The quantitative estimate of drug-likeness (QED) is 0.845. The summed E-state index contributed by atoms with van der Waals surface area (Å²) in [5.74, 6) is 0.0693. The molecule has 2 N–H and O–H groups in total. The van der Waals surface area contributed by atoms with Gasteiger partial charge in [-0.3, -0.25) is 4.79 Å². The van der Waals surface area contributed by atoms with Crippen LogP contribution >= 0.6 is 0 Å². The van der Waals surface area contributed by atoms with Crippen molar-refractivity contribution < 1.29 is 18.0 Å². The number of alkyl halides is 3. The van der Waals surface area contributed by atoms with Gasteiger partial charge in [-0.2, -0.15) is 13.2 Å². The third-order valence-corrected chi connectivity index (χ3v) is 3.60. The molecule has 0 aliphatic heterocycles. The zero-order valence-electron chi connectivity index (χ0n) is 11.9. The molecule has 21 heavy (non-hydrogen) atoms. The summed E-state index contributed by atoms with van der Waals surface area (Å²) in [6.45, 7) is 3.07. The van der Waals surface area contributed by atoms with Gasteiger partial charge in [-0.1, -0.05) is 13.0 Å². The van der Waals surface area contributed by atoms with E-state index in [9.17, 15) is 18.0 Å². The van der Waals surface area contributed by atoms with Crippen LogP contribution in [0, 0.1) is 5.92 Å². The van der Waals surface area contributed by atoms with Gasteiger partial charge in [0.1, 0.15) is 0 Å². The van der Waals surface area contributed by atoms with Crippen molar-refractivity contribution in [2.45, 2.75) is 32.4 Å². The van der Waals surface area contributed by atoms with Gasteiger partial charge in [-0.15, -0.1) is 0 Å². The van der Waals surface area contributed by atoms with E-state index >= 15 is 0 Å². The Labute approximate surface area is 121 Å². The molecule has 0 unspecified atom stereocenters. The van der Waals surface area contributed by atoms with Gasteiger partial charge in [0, 0.05) is 13.1 Å². The van der Waals surface area contributed by atoms with E-state index in [1.165, 1.54) is 12.1 Å². The van der Waals surface area contributed by atoms with Crippen LogP contribution < -0.4 is 5.73 Å². The Morgan fingerprint density at radius 2 is 2.05 bits per heavy atom. The van der Waals surface area contributed by atoms with Crippen molar-refractivity contribution in [3.8, 4) is 0 Å². The molecule has 6 heteroatoms. The third kappa shape index (κ3) is 3.68. The molecule has 0 radical (unpaired) electrons. The number of carbonyl (C=O) groups is 1. The van der Waals surface area contributed by atoms with Crippen LogP contribution in [0.25, 0.3) is 0 Å². The maximum Gasteiger partial charge on any atom is 0.418 e. The lowest BCUT2D eigenvalue weighted by Gasteiger charge is -2.23. The number of hydrogen-bond donors (Lipinski definition) is 1. The predicted molar refractivity (Wildman–Crippen MR) is 74.8 cm³/mol. The Kier molecular flexibility index (Phi) is 4.44. The van der Waals surface area contributed by atoms with Crippen LogP contribution in [0.4, 0.5) is 18.9 Å². The van der Waals surface area contributed by atoms with Crippen LogP contribution in [0.3, 0.4) is 0 Å². The molecule has 1 fully saturated rings. The molecule has 1 saturated carbocycles. The maximum absolute atomic E-state index is 12.9. The summed E-state index contributed by atoms with van der Waals surface area (Å²) >= 11 is 0. The first kappa shape index (κ1) is 15.7. The molecule has 1 amide bonds. The molecule has 1 aromatic carbocycles. The second-order valence-corrected chi connectivity index (χ2v) is 5.46. The highest BCUT2D eigenvalue weighted by atomic mass is 19.4. The van der Waals surface area contributed by atoms with Crippen LogP contribution in [0.2, 0.25) is 0 Å². The Morgan fingerprint density at radius 1 is 1.38 bits per heavy atom. The highest BCUT2D eigenvalue weighted by molar-refractivity contribution is 5.99. The van der Waals surface area contributed by atoms with Crippen LogP contribution in [0.1, 0.15) is 42.1 Å². The van der Waals surface area contributed by atoms with E-state index < -0.39 is 23.3 Å². The number of amides is 1. The summed E-state index contributed by atoms with van der Waals surface area (Å²) < 4.78 is 38.6. The molecule has 1 aromatic rings. The molecule has 0 heterocycles. The number of rotatable bonds is 5. The zero-order valence-corrected chi connectivity index (χ0v) is 11.9. The second-order valence-electron chi connectivity index (χ2n) is 5.46. The molecule has 0 atom stereocenters. The van der Waals surface area contributed by atoms with E-state index in [1.54, 1.807) is 4.90 Å². The van der Waals surface area contributed by atoms with Crippen LogP contribution in [-0.2, 0) is 6.18 Å². The van der Waals surface area contributed by atoms with E-state index in [1.807, 2.05) is 6.92 Å². The Morgan fingerprint density at radius 3 is 2.57 bits per heavy atom. The third-order valence-electron chi connectivity index (χ3n) is 3.60. The number of benzene rings is 1. The average molecular weight is 300 g/mol. The van der Waals surface area contributed by atoms with Gasteiger partial charge in [0.15, 0.2) is 0 Å². The number of anilines is 1. The topological polar surface area (TPSA) is 46.3 Å². The maximum atomic E-state index is 12.9. The standard InChI is InChI=1S/C15H19F3N2O/c1-2-8-20(9-10-6-7-10)14(21)11-4-3-5-12(13(11)19)15(16,17)18/h3-5,10H,2,6-9,19H2,1H3. The van der Waals surface area contributed by atoms with Gasteiger partial charge in [-0.05, 0) is 37.3 Å². The minimum Gasteiger partial charge on any atom is -0.398 e. The molecule has 2 rings (SSSR count). The largest absolute Gasteiger partial charge is 0.418 e. The van der Waals surface area contributed by atoms with Gasteiger partial charge in [0.2, 0.25) is 0 Å². The lowest BCUT2D eigenvalue weighted by Crippen LogP contribution is -2.34. The molecular weight excluding hydrogens is 281 g/mol. The summed E-state index contributed by atoms with van der Waals surface area (Å²) in [5.41, 5.74) is 4.10. The minimum atomic E-state index is -4.55. The molecule has 3 nitrogen and oxygen atoms in total. The van der Waals surface area contributed by atoms with E-state index in [0.717, 1.165) is 25.3 Å². The lowest BCUT2D eigenvalue weighted by atomic mass is 10.1. The summed E-state index contributed by atoms with van der Waals surface area (Å²) in [5, 5.41) is 0. The normalized spacial score (nSPS) is 15.0. The lowest BCUT2D eigenvalue weighted by molar-refractivity contribution is -0.136. The van der Waals surface area contributed by atoms with Crippen molar-refractivity contribution in [2.24, 2.45) is 5.92 Å². The van der Waals surface area contributed by atoms with Gasteiger partial charge >= 0.3 is 6.18 Å². The van der Waals surface area contributed by atoms with Crippen LogP contribution in [-0.4, -0.2) is 23.9 Å². The summed E-state index contributed by atoms with van der Waals surface area (Å²) in [7, 11) is 0. The number of nitrogens with zero attached hydrogens (tertiary/aromatic N) is 1. The molecule has 0 spiro atoms. The predicted octanol–water partition coefficient (Wildman–Crippen LogP) is 3.55. The summed E-state index contributed by atoms with van der Waals surface area (Å²) in [4.78, 5) is 14.1. The van der Waals surface area contributed by atoms with Gasteiger partial charge in [0.25, 0.3) is 5.91 Å². The van der Waals surface area contributed by atoms with Crippen molar-refractivity contribution in [1.29, 1.82) is 0 Å². The molecule has 0 bridgehead atoms. The Balaban J connectivity index is 2.28. The van der Waals surface area contributed by atoms with Crippen LogP contribution in [0.5, 0.6) is 0 Å². The van der Waals surface area contributed by atoms with Gasteiger partial charge in [0.05, 0.1) is 16.8 Å². The van der Waals surface area contributed by atoms with E-state index in [-0.39, 0.29) is 5.56 Å². The fourth-order valence-electron chi connectivity index (χ4n) is 2.33. The molecule has 1 aliphatic rings. The SMILES string of the molecule is CCCN(CC1CC1)C(=O)c1cccc(C(F)(F)F)c1N. The van der Waals surface area contributed by atoms with Crippen molar-refractivity contribution >= 4 is 11.6 Å². The fourth-order valence-corrected chi connectivity index (χ4v) is 2.33. The first-order valence-electron chi connectivity index (χ1n) is 7.09. The van der Waals surface area contributed by atoms with Crippen LogP contribution in [0.15, 0.2) is 18.2 Å². The van der Waals surface area contributed by atoms with Crippen molar-refractivity contribution in [3.05, 3.63) is 29.3 Å². The second kappa shape index (κ2) is 5.95. The molecule has 0 aromatic heterocycles. The Hall–Kier alpha value is -1.72. The number of carbonyl (C=O) groups excluding carboxylic acids is 1. The smallest absolute Gasteiger partial charge is 0.398 e. The summed E-state index contributed by atoms with van der Waals surface area (Å²) in [6, 6.07) is 3.49. The molecular formula is C15H19F3N2O. The number of hydrogen-bond acceptors (Lipinski definition) is 2. The highest BCUT2D eigenvalue weighted by Crippen LogP contribution is 2.36. The van der Waals surface area contributed by atoms with Gasteiger partial charge in [-0.25, -0.2) is 0 Å². The minimum absolute atomic E-state index is 0.0566. The zero-order chi connectivity index (χ0) is 15.6. The number of para-hydroxylation sites is 1. The number of nitrogens with two attached hydrogens (primary N) is 1. The van der Waals surface area contributed by atoms with E-state index in [4.69, 9.17) is 5.73 Å². The van der Waals surface area contributed by atoms with E-state index in [2.05, 4.69) is 0 Å². The van der Waals surface area contributed by atoms with Crippen molar-refractivity contribution in [2.75, 3.05) is 18.8 Å². The first-order valence-corrected chi connectivity index (χ1v) is 7.09. The highest BCUT2D eigenvalue weighted by Gasteiger charge is 2.35. The monoisotopic (exact) mass is 300 g/mol. The number of nitrogen functional groups attached to an aromatic ring is 1. The van der Waals surface area contributed by atoms with Crippen molar-refractivity contribution in [3.63, 3.8) is 0 Å². The Bertz CT molecular complexity index is 524. The summed E-state index contributed by atoms with van der Waals surface area (Å²) in [6.07, 6.45) is -1.64. The molecule has 0 saturated heterocycles. The van der Waals surface area contributed by atoms with Gasteiger partial charge < -0.3 is 10.6 Å². The van der Waals surface area contributed by atoms with Crippen molar-refractivity contribution in [1.82, 2.24) is 4.90 Å². The molecule has 1 aliphatic carbocycles. The van der Waals surface area contributed by atoms with E-state index in [0.29, 0.717) is 19.0 Å². The fraction of sp³-hybridized carbons (Fsp3) is 0.533.